The lowest BCUT2D eigenvalue weighted by Gasteiger charge is -2.13. The minimum atomic E-state index is 0. The first-order valence-corrected chi connectivity index (χ1v) is 7.80. The number of benzene rings is 1. The number of nitrogens with one attached hydrogen (secondary N) is 2. The number of halogens is 1. The minimum absolute atomic E-state index is 0. The quantitative estimate of drug-likeness (QED) is 0.424. The van der Waals surface area contributed by atoms with Crippen LogP contribution in [0.5, 0.6) is 0 Å². The fourth-order valence-corrected chi connectivity index (χ4v) is 2.49. The number of rotatable bonds is 6. The van der Waals surface area contributed by atoms with E-state index in [0.717, 1.165) is 32.0 Å². The van der Waals surface area contributed by atoms with Crippen molar-refractivity contribution in [2.45, 2.75) is 26.8 Å². The van der Waals surface area contributed by atoms with E-state index in [1.165, 1.54) is 16.7 Å². The summed E-state index contributed by atoms with van der Waals surface area (Å²) in [5.41, 5.74) is 4.06. The van der Waals surface area contributed by atoms with Gasteiger partial charge in [0.25, 0.3) is 0 Å². The van der Waals surface area contributed by atoms with Gasteiger partial charge in [0.1, 0.15) is 0 Å². The number of aryl methyl sites for hydroxylation is 2. The van der Waals surface area contributed by atoms with Crippen LogP contribution in [0, 0.1) is 13.8 Å². The molecule has 2 N–H and O–H groups in total. The van der Waals surface area contributed by atoms with Crippen LogP contribution >= 0.6 is 24.0 Å². The zero-order valence-corrected chi connectivity index (χ0v) is 16.5. The van der Waals surface area contributed by atoms with Crippen LogP contribution in [-0.2, 0) is 13.0 Å². The van der Waals surface area contributed by atoms with Crippen LogP contribution in [0.2, 0.25) is 0 Å². The molecule has 0 radical (unpaired) electrons. The summed E-state index contributed by atoms with van der Waals surface area (Å²) < 4.78 is 2.15. The Kier molecular flexibility index (Phi) is 8.76. The molecule has 126 valence electrons. The standard InChI is InChI=1S/C18H26N4.HI/c1-15-6-7-17(16(2)14-15)8-9-20-18(19-3)21-10-13-22-11-4-5-12-22;/h4-7,11-12,14H,8-10,13H2,1-3H3,(H2,19,20,21);1H. The lowest BCUT2D eigenvalue weighted by molar-refractivity contribution is 0.665. The highest BCUT2D eigenvalue weighted by molar-refractivity contribution is 14.0. The number of nitrogens with zero attached hydrogens (tertiary/aromatic N) is 2. The van der Waals surface area contributed by atoms with E-state index in [0.29, 0.717) is 0 Å². The Hall–Kier alpha value is -1.50. The smallest absolute Gasteiger partial charge is 0.191 e. The van der Waals surface area contributed by atoms with Crippen molar-refractivity contribution in [2.75, 3.05) is 20.1 Å². The first-order chi connectivity index (χ1) is 10.7. The number of aliphatic imine (C=N–C) groups is 1. The Bertz CT molecular complexity index is 605. The van der Waals surface area contributed by atoms with Crippen molar-refractivity contribution in [3.05, 3.63) is 59.4 Å². The number of hydrogen-bond acceptors (Lipinski definition) is 1. The highest BCUT2D eigenvalue weighted by Gasteiger charge is 2.00. The molecule has 0 aliphatic carbocycles. The van der Waals surface area contributed by atoms with Gasteiger partial charge in [0.15, 0.2) is 5.96 Å². The summed E-state index contributed by atoms with van der Waals surface area (Å²) in [5.74, 6) is 0.858. The number of hydrogen-bond donors (Lipinski definition) is 2. The molecule has 0 amide bonds. The average molecular weight is 426 g/mol. The fraction of sp³-hybridized carbons (Fsp3) is 0.389. The molecular formula is C18H27IN4. The van der Waals surface area contributed by atoms with Gasteiger partial charge < -0.3 is 15.2 Å². The second kappa shape index (κ2) is 10.3. The van der Waals surface area contributed by atoms with Gasteiger partial charge in [-0.05, 0) is 43.5 Å². The molecule has 4 nitrogen and oxygen atoms in total. The molecule has 2 aromatic rings. The molecule has 1 aromatic carbocycles. The molecular weight excluding hydrogens is 399 g/mol. The van der Waals surface area contributed by atoms with Crippen molar-refractivity contribution in [3.8, 4) is 0 Å². The van der Waals surface area contributed by atoms with E-state index in [1.54, 1.807) is 0 Å². The summed E-state index contributed by atoms with van der Waals surface area (Å²) in [6.07, 6.45) is 5.14. The van der Waals surface area contributed by atoms with E-state index < -0.39 is 0 Å². The molecule has 2 rings (SSSR count). The molecule has 0 unspecified atom stereocenters. The molecule has 0 atom stereocenters. The molecule has 5 heteroatoms. The van der Waals surface area contributed by atoms with E-state index in [2.05, 4.69) is 64.6 Å². The Balaban J connectivity index is 0.00000264. The predicted molar refractivity (Wildman–Crippen MR) is 109 cm³/mol. The van der Waals surface area contributed by atoms with Crippen molar-refractivity contribution in [2.24, 2.45) is 4.99 Å². The number of guanidine groups is 1. The molecule has 23 heavy (non-hydrogen) atoms. The maximum absolute atomic E-state index is 4.26. The average Bonchev–Trinajstić information content (AvgIpc) is 3.01. The van der Waals surface area contributed by atoms with E-state index in [-0.39, 0.29) is 24.0 Å². The SMILES string of the molecule is CN=C(NCCc1ccc(C)cc1C)NCCn1cccc1.I. The molecule has 1 heterocycles. The lowest BCUT2D eigenvalue weighted by Crippen LogP contribution is -2.39. The van der Waals surface area contributed by atoms with Crippen molar-refractivity contribution in [1.29, 1.82) is 0 Å². The fourth-order valence-electron chi connectivity index (χ4n) is 2.49. The third kappa shape index (κ3) is 6.64. The van der Waals surface area contributed by atoms with Gasteiger partial charge in [0, 0.05) is 39.1 Å². The van der Waals surface area contributed by atoms with E-state index in [4.69, 9.17) is 0 Å². The summed E-state index contributed by atoms with van der Waals surface area (Å²) >= 11 is 0. The summed E-state index contributed by atoms with van der Waals surface area (Å²) in [4.78, 5) is 4.26. The van der Waals surface area contributed by atoms with E-state index >= 15 is 0 Å². The molecule has 0 aliphatic heterocycles. The third-order valence-electron chi connectivity index (χ3n) is 3.74. The zero-order valence-electron chi connectivity index (χ0n) is 14.2. The Morgan fingerprint density at radius 2 is 1.78 bits per heavy atom. The Labute approximate surface area is 156 Å². The van der Waals surface area contributed by atoms with Crippen LogP contribution in [0.1, 0.15) is 16.7 Å². The summed E-state index contributed by atoms with van der Waals surface area (Å²) in [7, 11) is 1.81. The van der Waals surface area contributed by atoms with Crippen molar-refractivity contribution < 1.29 is 0 Å². The molecule has 0 spiro atoms. The molecule has 0 fully saturated rings. The zero-order chi connectivity index (χ0) is 15.8. The second-order valence-corrected chi connectivity index (χ2v) is 5.53. The molecule has 1 aromatic heterocycles. The predicted octanol–water partition coefficient (Wildman–Crippen LogP) is 3.13. The van der Waals surface area contributed by atoms with Crippen molar-refractivity contribution >= 4 is 29.9 Å². The van der Waals surface area contributed by atoms with Gasteiger partial charge in [-0.25, -0.2) is 0 Å². The van der Waals surface area contributed by atoms with E-state index in [9.17, 15) is 0 Å². The molecule has 0 saturated carbocycles. The van der Waals surface area contributed by atoms with Crippen LogP contribution in [0.4, 0.5) is 0 Å². The first kappa shape index (κ1) is 19.5. The first-order valence-electron chi connectivity index (χ1n) is 7.80. The monoisotopic (exact) mass is 426 g/mol. The van der Waals surface area contributed by atoms with Crippen LogP contribution in [0.3, 0.4) is 0 Å². The largest absolute Gasteiger partial charge is 0.356 e. The van der Waals surface area contributed by atoms with E-state index in [1.807, 2.05) is 19.2 Å². The number of aromatic nitrogens is 1. The van der Waals surface area contributed by atoms with Crippen LogP contribution in [-0.4, -0.2) is 30.7 Å². The highest BCUT2D eigenvalue weighted by atomic mass is 127. The topological polar surface area (TPSA) is 41.4 Å². The maximum Gasteiger partial charge on any atom is 0.191 e. The lowest BCUT2D eigenvalue weighted by atomic mass is 10.0. The van der Waals surface area contributed by atoms with Gasteiger partial charge in [0.05, 0.1) is 0 Å². The van der Waals surface area contributed by atoms with Gasteiger partial charge in [-0.1, -0.05) is 23.8 Å². The maximum atomic E-state index is 4.26. The van der Waals surface area contributed by atoms with Gasteiger partial charge in [-0.15, -0.1) is 24.0 Å². The van der Waals surface area contributed by atoms with Crippen LogP contribution in [0.25, 0.3) is 0 Å². The summed E-state index contributed by atoms with van der Waals surface area (Å²) in [6.45, 7) is 6.98. The molecule has 0 saturated heterocycles. The van der Waals surface area contributed by atoms with Crippen molar-refractivity contribution in [1.82, 2.24) is 15.2 Å². The van der Waals surface area contributed by atoms with Gasteiger partial charge in [-0.2, -0.15) is 0 Å². The molecule has 0 aliphatic rings. The minimum Gasteiger partial charge on any atom is -0.356 e. The van der Waals surface area contributed by atoms with Gasteiger partial charge in [0.2, 0.25) is 0 Å². The molecule has 0 bridgehead atoms. The highest BCUT2D eigenvalue weighted by Crippen LogP contribution is 2.10. The van der Waals surface area contributed by atoms with Crippen LogP contribution < -0.4 is 10.6 Å². The van der Waals surface area contributed by atoms with Crippen LogP contribution in [0.15, 0.2) is 47.7 Å². The van der Waals surface area contributed by atoms with Gasteiger partial charge >= 0.3 is 0 Å². The summed E-state index contributed by atoms with van der Waals surface area (Å²) in [5, 5.41) is 6.71. The second-order valence-electron chi connectivity index (χ2n) is 5.53. The van der Waals surface area contributed by atoms with Gasteiger partial charge in [-0.3, -0.25) is 4.99 Å². The Morgan fingerprint density at radius 3 is 2.43 bits per heavy atom. The Morgan fingerprint density at radius 1 is 1.09 bits per heavy atom. The van der Waals surface area contributed by atoms with Crippen molar-refractivity contribution in [3.63, 3.8) is 0 Å². The normalized spacial score (nSPS) is 11.0. The summed E-state index contributed by atoms with van der Waals surface area (Å²) in [6, 6.07) is 10.7. The third-order valence-corrected chi connectivity index (χ3v) is 3.74.